The van der Waals surface area contributed by atoms with Crippen molar-refractivity contribution >= 4 is 55.4 Å². The van der Waals surface area contributed by atoms with Crippen LogP contribution in [0.2, 0.25) is 0 Å². The molecule has 0 bridgehead atoms. The lowest BCUT2D eigenvalue weighted by Gasteiger charge is -1.97. The number of hydrogen-bond donors (Lipinski definition) is 0. The summed E-state index contributed by atoms with van der Waals surface area (Å²) in [5.74, 6) is 1.12. The zero-order chi connectivity index (χ0) is 19.4. The van der Waals surface area contributed by atoms with Crippen molar-refractivity contribution in [1.82, 2.24) is 0 Å². The molecule has 0 aliphatic heterocycles. The largest absolute Gasteiger partial charge is 0.260 e. The van der Waals surface area contributed by atoms with Crippen LogP contribution in [0.4, 0.5) is 0 Å². The highest BCUT2D eigenvalue weighted by Crippen LogP contribution is 2.02. The van der Waals surface area contributed by atoms with Gasteiger partial charge in [0.05, 0.1) is 10.3 Å². The minimum absolute atomic E-state index is 0.295. The van der Waals surface area contributed by atoms with Crippen LogP contribution in [0.5, 0.6) is 0 Å². The number of thiocarbonyl (C=S) groups is 2. The molecule has 0 amide bonds. The van der Waals surface area contributed by atoms with Crippen LogP contribution in [0, 0.1) is 0 Å². The third kappa shape index (κ3) is 31.9. The number of unbranched alkanes of at least 4 members (excludes halogenated alkanes) is 6. The van der Waals surface area contributed by atoms with E-state index in [0.717, 1.165) is 63.7 Å². The van der Waals surface area contributed by atoms with Crippen LogP contribution < -0.4 is 0 Å². The molecule has 0 aliphatic rings. The van der Waals surface area contributed by atoms with Gasteiger partial charge in [0.2, 0.25) is 0 Å². The quantitative estimate of drug-likeness (QED) is 0.240. The molecule has 0 heterocycles. The van der Waals surface area contributed by atoms with Crippen molar-refractivity contribution in [3.63, 3.8) is 0 Å². The Hall–Kier alpha value is -0.300. The van der Waals surface area contributed by atoms with Crippen LogP contribution in [0.1, 0.15) is 51.4 Å². The zero-order valence-electron chi connectivity index (χ0n) is 15.2. The Balaban J connectivity index is 0. The molecule has 0 aliphatic carbocycles. The zero-order valence-corrected chi connectivity index (χ0v) is 18.5. The first-order valence-electron chi connectivity index (χ1n) is 8.38. The van der Waals surface area contributed by atoms with E-state index < -0.39 is 20.6 Å². The van der Waals surface area contributed by atoms with Gasteiger partial charge in [-0.3, -0.25) is 4.21 Å². The smallest absolute Gasteiger partial charge is 0.147 e. The van der Waals surface area contributed by atoms with Gasteiger partial charge in [-0.1, -0.05) is 25.7 Å². The molecule has 0 aromatic rings. The van der Waals surface area contributed by atoms with E-state index in [1.807, 2.05) is 0 Å². The summed E-state index contributed by atoms with van der Waals surface area (Å²) in [5, 5.41) is 4.63. The molecule has 0 aromatic carbocycles. The van der Waals surface area contributed by atoms with Crippen LogP contribution in [-0.4, -0.2) is 60.1 Å². The van der Waals surface area contributed by atoms with Crippen molar-refractivity contribution in [3.8, 4) is 0 Å². The fourth-order valence-corrected chi connectivity index (χ4v) is 3.37. The molecule has 0 rings (SSSR count). The SMILES string of the molecule is CS(=O)(=O)CCCCCCN=C=S.CS(=O)CCCCCCN=C=S. The normalized spacial score (nSPS) is 11.4. The van der Waals surface area contributed by atoms with Crippen LogP contribution in [-0.2, 0) is 20.6 Å². The van der Waals surface area contributed by atoms with Gasteiger partial charge in [0.1, 0.15) is 9.84 Å². The molecular weight excluding hydrogens is 396 g/mol. The lowest BCUT2D eigenvalue weighted by Crippen LogP contribution is -2.02. The maximum atomic E-state index is 10.7. The average molecular weight is 427 g/mol. The Bertz CT molecular complexity index is 532. The third-order valence-corrected chi connectivity index (χ3v) is 5.27. The molecule has 1 atom stereocenters. The predicted octanol–water partition coefficient (Wildman–Crippen LogP) is 3.72. The minimum atomic E-state index is -2.77. The van der Waals surface area contributed by atoms with Crippen LogP contribution in [0.15, 0.2) is 9.98 Å². The van der Waals surface area contributed by atoms with E-state index in [1.165, 1.54) is 6.26 Å². The molecule has 146 valence electrons. The summed E-state index contributed by atoms with van der Waals surface area (Å²) in [5.41, 5.74) is 0. The minimum Gasteiger partial charge on any atom is -0.260 e. The first-order chi connectivity index (χ1) is 11.8. The van der Waals surface area contributed by atoms with Gasteiger partial charge in [-0.2, -0.15) is 0 Å². The molecule has 0 aromatic heterocycles. The molecular formula is C16H30N2O3S4. The maximum Gasteiger partial charge on any atom is 0.147 e. The highest BCUT2D eigenvalue weighted by molar-refractivity contribution is 7.90. The van der Waals surface area contributed by atoms with E-state index in [4.69, 9.17) is 0 Å². The van der Waals surface area contributed by atoms with Gasteiger partial charge in [-0.05, 0) is 50.1 Å². The van der Waals surface area contributed by atoms with Crippen LogP contribution >= 0.6 is 24.4 Å². The molecule has 5 nitrogen and oxygen atoms in total. The standard InChI is InChI=1S/C8H15NO2S2.C8H15NOS2/c1-13(10,11)7-5-3-2-4-6-9-8-12;1-12(10)7-5-3-2-4-6-9-8-11/h2-7H2,1H3;2-7H2,1H3. The predicted molar refractivity (Wildman–Crippen MR) is 115 cm³/mol. The molecule has 25 heavy (non-hydrogen) atoms. The van der Waals surface area contributed by atoms with Crippen molar-refractivity contribution in [2.24, 2.45) is 9.98 Å². The molecule has 0 spiro atoms. The van der Waals surface area contributed by atoms with Gasteiger partial charge in [-0.15, -0.1) is 0 Å². The first-order valence-corrected chi connectivity index (χ1v) is 13.0. The monoisotopic (exact) mass is 426 g/mol. The van der Waals surface area contributed by atoms with Crippen LogP contribution in [0.25, 0.3) is 0 Å². The Morgan fingerprint density at radius 3 is 1.68 bits per heavy atom. The lowest BCUT2D eigenvalue weighted by molar-refractivity contribution is 0.593. The summed E-state index contributed by atoms with van der Waals surface area (Å²) in [6.45, 7) is 1.50. The third-order valence-electron chi connectivity index (χ3n) is 3.12. The second kappa shape index (κ2) is 20.0. The fourth-order valence-electron chi connectivity index (χ4n) is 1.85. The molecule has 0 saturated carbocycles. The summed E-state index contributed by atoms with van der Waals surface area (Å²) in [7, 11) is -3.40. The lowest BCUT2D eigenvalue weighted by atomic mass is 10.2. The van der Waals surface area contributed by atoms with Crippen molar-refractivity contribution in [1.29, 1.82) is 0 Å². The molecule has 1 unspecified atom stereocenters. The van der Waals surface area contributed by atoms with Crippen molar-refractivity contribution in [3.05, 3.63) is 0 Å². The molecule has 0 saturated heterocycles. The van der Waals surface area contributed by atoms with Crippen molar-refractivity contribution < 1.29 is 12.6 Å². The molecule has 0 N–H and O–H groups in total. The Morgan fingerprint density at radius 1 is 0.840 bits per heavy atom. The highest BCUT2D eigenvalue weighted by Gasteiger charge is 2.00. The number of hydrogen-bond acceptors (Lipinski definition) is 7. The second-order valence-corrected chi connectivity index (χ2v) is 9.86. The Kier molecular flexibility index (Phi) is 21.6. The number of nitrogens with zero attached hydrogens (tertiary/aromatic N) is 2. The fraction of sp³-hybridized carbons (Fsp3) is 0.875. The summed E-state index contributed by atoms with van der Waals surface area (Å²) in [4.78, 5) is 7.57. The first kappa shape index (κ1) is 26.9. The maximum absolute atomic E-state index is 10.7. The number of sulfone groups is 1. The number of rotatable bonds is 14. The van der Waals surface area contributed by atoms with E-state index in [9.17, 15) is 12.6 Å². The molecule has 0 radical (unpaired) electrons. The summed E-state index contributed by atoms with van der Waals surface area (Å²) >= 11 is 8.84. The topological polar surface area (TPSA) is 75.9 Å². The van der Waals surface area contributed by atoms with E-state index in [-0.39, 0.29) is 0 Å². The van der Waals surface area contributed by atoms with E-state index in [2.05, 4.69) is 44.7 Å². The van der Waals surface area contributed by atoms with Crippen molar-refractivity contribution in [2.45, 2.75) is 51.4 Å². The summed E-state index contributed by atoms with van der Waals surface area (Å²) in [6, 6.07) is 0. The van der Waals surface area contributed by atoms with Gasteiger partial charge in [0, 0.05) is 47.9 Å². The van der Waals surface area contributed by atoms with Gasteiger partial charge in [-0.25, -0.2) is 18.4 Å². The average Bonchev–Trinajstić information content (AvgIpc) is 2.52. The van der Waals surface area contributed by atoms with Crippen molar-refractivity contribution in [2.75, 3.05) is 37.1 Å². The van der Waals surface area contributed by atoms with Gasteiger partial charge in [0.15, 0.2) is 0 Å². The van der Waals surface area contributed by atoms with E-state index in [0.29, 0.717) is 12.3 Å². The van der Waals surface area contributed by atoms with E-state index >= 15 is 0 Å². The molecule has 9 heteroatoms. The van der Waals surface area contributed by atoms with Crippen LogP contribution in [0.3, 0.4) is 0 Å². The van der Waals surface area contributed by atoms with Gasteiger partial charge < -0.3 is 0 Å². The summed E-state index contributed by atoms with van der Waals surface area (Å²) in [6.07, 6.45) is 11.1. The molecule has 0 fully saturated rings. The Labute approximate surface area is 166 Å². The highest BCUT2D eigenvalue weighted by atomic mass is 32.2. The number of isothiocyanates is 2. The summed E-state index contributed by atoms with van der Waals surface area (Å²) < 4.78 is 32.1. The second-order valence-electron chi connectivity index (χ2n) is 5.68. The van der Waals surface area contributed by atoms with Gasteiger partial charge in [0.25, 0.3) is 0 Å². The Morgan fingerprint density at radius 2 is 1.28 bits per heavy atom. The number of aliphatic imine (C=N–C) groups is 2. The van der Waals surface area contributed by atoms with Gasteiger partial charge >= 0.3 is 0 Å². The van der Waals surface area contributed by atoms with E-state index in [1.54, 1.807) is 6.26 Å².